The lowest BCUT2D eigenvalue weighted by Crippen LogP contribution is -2.66. The molecule has 3 atom stereocenters. The van der Waals surface area contributed by atoms with Crippen molar-refractivity contribution >= 4 is 27.6 Å². The van der Waals surface area contributed by atoms with Crippen molar-refractivity contribution in [2.24, 2.45) is 5.92 Å². The average molecular weight is 402 g/mol. The summed E-state index contributed by atoms with van der Waals surface area (Å²) in [6, 6.07) is 5.32. The molecule has 1 aromatic carbocycles. The van der Waals surface area contributed by atoms with Crippen LogP contribution in [0.3, 0.4) is 0 Å². The zero-order valence-electron chi connectivity index (χ0n) is 14.2. The lowest BCUT2D eigenvalue weighted by atomic mass is 9.96. The number of sulfone groups is 1. The van der Waals surface area contributed by atoms with Crippen LogP contribution in [0.4, 0.5) is 10.5 Å². The molecular formula is C15H18N2O9S. The van der Waals surface area contributed by atoms with E-state index in [1.165, 1.54) is 31.2 Å². The van der Waals surface area contributed by atoms with Gasteiger partial charge >= 0.3 is 6.16 Å². The number of aliphatic hydroxyl groups is 1. The highest BCUT2D eigenvalue weighted by molar-refractivity contribution is 7.92. The number of nitrogens with one attached hydrogen (secondary N) is 1. The molecule has 1 unspecified atom stereocenters. The van der Waals surface area contributed by atoms with Crippen LogP contribution < -0.4 is 5.32 Å². The molecule has 1 fully saturated rings. The minimum absolute atomic E-state index is 0.110. The molecule has 0 aromatic heterocycles. The highest BCUT2D eigenvalue weighted by Crippen LogP contribution is 2.26. The summed E-state index contributed by atoms with van der Waals surface area (Å²) < 4.78 is 33.7. The number of amides is 1. The van der Waals surface area contributed by atoms with Crippen LogP contribution in [0.15, 0.2) is 24.3 Å². The first-order chi connectivity index (χ1) is 12.7. The van der Waals surface area contributed by atoms with Crippen molar-refractivity contribution in [3.05, 3.63) is 39.9 Å². The zero-order chi connectivity index (χ0) is 20.2. The number of hydrogen-bond acceptors (Lipinski definition) is 9. The molecule has 1 aliphatic rings. The number of benzene rings is 1. The zero-order valence-corrected chi connectivity index (χ0v) is 15.0. The number of β-lactam (4-membered cyclic amide) rings is 1. The van der Waals surface area contributed by atoms with E-state index >= 15 is 0 Å². The Morgan fingerprint density at radius 2 is 2.00 bits per heavy atom. The van der Waals surface area contributed by atoms with Crippen molar-refractivity contribution in [2.75, 3.05) is 12.4 Å². The number of nitrogens with zero attached hydrogens (tertiary/aromatic N) is 1. The van der Waals surface area contributed by atoms with E-state index in [0.717, 1.165) is 0 Å². The van der Waals surface area contributed by atoms with Crippen LogP contribution in [0.5, 0.6) is 0 Å². The molecule has 1 aliphatic heterocycles. The van der Waals surface area contributed by atoms with Gasteiger partial charge in [0.05, 0.1) is 17.3 Å². The van der Waals surface area contributed by atoms with Crippen LogP contribution in [0.25, 0.3) is 0 Å². The fourth-order valence-electron chi connectivity index (χ4n) is 2.51. The van der Waals surface area contributed by atoms with Crippen molar-refractivity contribution in [2.45, 2.75) is 25.0 Å². The van der Waals surface area contributed by atoms with E-state index in [2.05, 4.69) is 5.32 Å². The van der Waals surface area contributed by atoms with Gasteiger partial charge in [-0.25, -0.2) is 13.2 Å². The first-order valence-corrected chi connectivity index (χ1v) is 9.57. The molecule has 12 heteroatoms. The van der Waals surface area contributed by atoms with Gasteiger partial charge in [-0.15, -0.1) is 0 Å². The molecule has 0 saturated carbocycles. The summed E-state index contributed by atoms with van der Waals surface area (Å²) in [6.07, 6.45) is -2.18. The van der Waals surface area contributed by atoms with Crippen molar-refractivity contribution in [3.63, 3.8) is 0 Å². The normalized spacial score (nSPS) is 20.1. The highest BCUT2D eigenvalue weighted by atomic mass is 32.2. The SMILES string of the molecule is CC(OC(=O)OCc1ccc([N+](=O)[O-])cc1)[C@@H]1C(=O)N[C@H]1S(=O)(=O)CCO. The quantitative estimate of drug-likeness (QED) is 0.266. The Labute approximate surface area is 154 Å². The molecule has 148 valence electrons. The monoisotopic (exact) mass is 402 g/mol. The van der Waals surface area contributed by atoms with E-state index in [-0.39, 0.29) is 12.3 Å². The van der Waals surface area contributed by atoms with Gasteiger partial charge in [-0.2, -0.15) is 0 Å². The van der Waals surface area contributed by atoms with Crippen molar-refractivity contribution in [1.82, 2.24) is 5.32 Å². The van der Waals surface area contributed by atoms with Crippen LogP contribution in [-0.4, -0.2) is 54.3 Å². The average Bonchev–Trinajstić information content (AvgIpc) is 2.57. The fourth-order valence-corrected chi connectivity index (χ4v) is 4.11. The number of carbonyl (C=O) groups excluding carboxylic acids is 2. The third kappa shape index (κ3) is 4.92. The number of rotatable bonds is 8. The summed E-state index contributed by atoms with van der Waals surface area (Å²) in [5, 5.41) is 20.3. The molecule has 0 bridgehead atoms. The smallest absolute Gasteiger partial charge is 0.430 e. The third-order valence-electron chi connectivity index (χ3n) is 3.97. The summed E-state index contributed by atoms with van der Waals surface area (Å²) >= 11 is 0. The number of aliphatic hydroxyl groups excluding tert-OH is 1. The molecule has 11 nitrogen and oxygen atoms in total. The Morgan fingerprint density at radius 1 is 1.37 bits per heavy atom. The summed E-state index contributed by atoms with van der Waals surface area (Å²) in [5.41, 5.74) is 0.371. The predicted molar refractivity (Wildman–Crippen MR) is 90.1 cm³/mol. The minimum Gasteiger partial charge on any atom is -0.430 e. The second-order valence-corrected chi connectivity index (χ2v) is 8.07. The molecule has 2 N–H and O–H groups in total. The lowest BCUT2D eigenvalue weighted by molar-refractivity contribution is -0.384. The van der Waals surface area contributed by atoms with Gasteiger partial charge in [0.2, 0.25) is 5.91 Å². The van der Waals surface area contributed by atoms with Gasteiger partial charge in [0.15, 0.2) is 9.84 Å². The second-order valence-electron chi connectivity index (χ2n) is 5.83. The number of nitro benzene ring substituents is 1. The van der Waals surface area contributed by atoms with E-state index in [0.29, 0.717) is 5.56 Å². The van der Waals surface area contributed by atoms with Crippen molar-refractivity contribution < 1.29 is 37.5 Å². The molecule has 27 heavy (non-hydrogen) atoms. The van der Waals surface area contributed by atoms with Crippen molar-refractivity contribution in [1.29, 1.82) is 0 Å². The molecule has 1 saturated heterocycles. The lowest BCUT2D eigenvalue weighted by Gasteiger charge is -2.38. The largest absolute Gasteiger partial charge is 0.508 e. The minimum atomic E-state index is -3.77. The van der Waals surface area contributed by atoms with Gasteiger partial charge in [0.1, 0.15) is 24.0 Å². The van der Waals surface area contributed by atoms with Gasteiger partial charge in [-0.3, -0.25) is 14.9 Å². The summed E-state index contributed by atoms with van der Waals surface area (Å²) in [4.78, 5) is 33.4. The van der Waals surface area contributed by atoms with Gasteiger partial charge in [-0.05, 0) is 24.6 Å². The first kappa shape index (κ1) is 20.6. The predicted octanol–water partition coefficient (Wildman–Crippen LogP) is 0.116. The second kappa shape index (κ2) is 8.31. The standard InChI is InChI=1S/C15H18N2O9S/c1-9(12-13(19)16-14(12)27(23,24)7-6-18)26-15(20)25-8-10-2-4-11(5-3-10)17(21)22/h2-5,9,12,14,18H,6-8H2,1H3,(H,16,19)/t9?,12-,14+/m1/s1. The number of carbonyl (C=O) groups is 2. The Morgan fingerprint density at radius 3 is 2.52 bits per heavy atom. The molecule has 1 heterocycles. The van der Waals surface area contributed by atoms with Gasteiger partial charge in [0.25, 0.3) is 5.69 Å². The molecule has 1 aromatic rings. The van der Waals surface area contributed by atoms with E-state index in [1.807, 2.05) is 0 Å². The first-order valence-electron chi connectivity index (χ1n) is 7.85. The summed E-state index contributed by atoms with van der Waals surface area (Å²) in [6.45, 7) is 0.554. The van der Waals surface area contributed by atoms with Gasteiger partial charge in [-0.1, -0.05) is 0 Å². The van der Waals surface area contributed by atoms with Crippen molar-refractivity contribution in [3.8, 4) is 0 Å². The summed E-state index contributed by atoms with van der Waals surface area (Å²) in [5.74, 6) is -2.21. The van der Waals surface area contributed by atoms with E-state index in [1.54, 1.807) is 0 Å². The number of hydrogen-bond donors (Lipinski definition) is 2. The Kier molecular flexibility index (Phi) is 6.33. The molecule has 1 amide bonds. The topological polar surface area (TPSA) is 162 Å². The number of non-ortho nitro benzene ring substituents is 1. The molecule has 0 aliphatic carbocycles. The molecule has 2 rings (SSSR count). The molecule has 0 spiro atoms. The molecule has 0 radical (unpaired) electrons. The van der Waals surface area contributed by atoms with Crippen LogP contribution in [0, 0.1) is 16.0 Å². The fraction of sp³-hybridized carbons (Fsp3) is 0.467. The van der Waals surface area contributed by atoms with E-state index in [4.69, 9.17) is 14.6 Å². The van der Waals surface area contributed by atoms with E-state index < -0.39 is 56.6 Å². The van der Waals surface area contributed by atoms with E-state index in [9.17, 15) is 28.1 Å². The maximum absolute atomic E-state index is 12.0. The molecular weight excluding hydrogens is 384 g/mol. The Balaban J connectivity index is 1.89. The van der Waals surface area contributed by atoms with Gasteiger partial charge in [0, 0.05) is 12.1 Å². The Hall–Kier alpha value is -2.73. The highest BCUT2D eigenvalue weighted by Gasteiger charge is 2.51. The third-order valence-corrected chi connectivity index (χ3v) is 5.90. The maximum Gasteiger partial charge on any atom is 0.508 e. The number of ether oxygens (including phenoxy) is 2. The Bertz CT molecular complexity index is 822. The van der Waals surface area contributed by atoms with Crippen LogP contribution >= 0.6 is 0 Å². The summed E-state index contributed by atoms with van der Waals surface area (Å²) in [7, 11) is -3.77. The maximum atomic E-state index is 12.0. The van der Waals surface area contributed by atoms with Crippen LogP contribution in [0.1, 0.15) is 12.5 Å². The van der Waals surface area contributed by atoms with Gasteiger partial charge < -0.3 is 19.9 Å². The van der Waals surface area contributed by atoms with Crippen LogP contribution in [0.2, 0.25) is 0 Å². The number of nitro groups is 1. The van der Waals surface area contributed by atoms with Crippen LogP contribution in [-0.2, 0) is 30.7 Å².